The van der Waals surface area contributed by atoms with Crippen LogP contribution in [-0.4, -0.2) is 11.7 Å². The molecule has 0 heterocycles. The molecule has 0 unspecified atom stereocenters. The maximum atomic E-state index is 11.0. The van der Waals surface area contributed by atoms with Gasteiger partial charge in [0.15, 0.2) is 5.78 Å². The largest absolute Gasteiger partial charge is 0.295 e. The van der Waals surface area contributed by atoms with Gasteiger partial charge in [-0.1, -0.05) is 12.5 Å². The van der Waals surface area contributed by atoms with Gasteiger partial charge in [-0.25, -0.2) is 5.84 Å². The summed E-state index contributed by atoms with van der Waals surface area (Å²) in [5.74, 6) is 4.95. The Bertz CT molecular complexity index is 247. The molecule has 0 bridgehead atoms. The summed E-state index contributed by atoms with van der Waals surface area (Å²) in [6.07, 6.45) is 5.82. The molecule has 0 saturated heterocycles. The number of carbonyl (C=O) groups excluding carboxylic acids is 2. The van der Waals surface area contributed by atoms with Crippen LogP contribution in [0.5, 0.6) is 0 Å². The minimum Gasteiger partial charge on any atom is -0.295 e. The Kier molecular flexibility index (Phi) is 7.54. The molecule has 0 aliphatic carbocycles. The van der Waals surface area contributed by atoms with Crippen LogP contribution < -0.4 is 11.3 Å². The van der Waals surface area contributed by atoms with Gasteiger partial charge in [-0.3, -0.25) is 15.0 Å². The summed E-state index contributed by atoms with van der Waals surface area (Å²) in [7, 11) is 0. The molecule has 0 saturated carbocycles. The number of rotatable bonds is 7. The first-order valence-electron chi connectivity index (χ1n) is 5.27. The highest BCUT2D eigenvalue weighted by atomic mass is 16.2. The number of carbonyl (C=O) groups is 2. The zero-order valence-corrected chi connectivity index (χ0v) is 9.51. The molecule has 86 valence electrons. The van der Waals surface area contributed by atoms with E-state index in [2.05, 4.69) is 5.43 Å². The van der Waals surface area contributed by atoms with Gasteiger partial charge in [-0.2, -0.15) is 0 Å². The van der Waals surface area contributed by atoms with Crippen molar-refractivity contribution in [2.75, 3.05) is 0 Å². The monoisotopic (exact) mass is 212 g/mol. The summed E-state index contributed by atoms with van der Waals surface area (Å²) in [6, 6.07) is 0. The molecule has 0 aromatic rings. The van der Waals surface area contributed by atoms with Gasteiger partial charge in [0.25, 0.3) is 0 Å². The molecule has 0 fully saturated rings. The molecule has 0 aliphatic rings. The van der Waals surface area contributed by atoms with Gasteiger partial charge in [0.05, 0.1) is 0 Å². The van der Waals surface area contributed by atoms with Crippen molar-refractivity contribution in [1.29, 1.82) is 0 Å². The van der Waals surface area contributed by atoms with Crippen LogP contribution in [0.4, 0.5) is 0 Å². The minimum absolute atomic E-state index is 0.132. The van der Waals surface area contributed by atoms with E-state index in [9.17, 15) is 9.59 Å². The highest BCUT2D eigenvalue weighted by Gasteiger charge is 2.02. The number of hydrazine groups is 1. The molecule has 0 aromatic heterocycles. The normalized spacial score (nSPS) is 11.3. The van der Waals surface area contributed by atoms with E-state index in [1.807, 2.05) is 13.0 Å². The van der Waals surface area contributed by atoms with Crippen LogP contribution in [0, 0.1) is 0 Å². The van der Waals surface area contributed by atoms with Gasteiger partial charge in [0.1, 0.15) is 0 Å². The van der Waals surface area contributed by atoms with E-state index >= 15 is 0 Å². The van der Waals surface area contributed by atoms with E-state index in [-0.39, 0.29) is 11.7 Å². The van der Waals surface area contributed by atoms with Crippen LogP contribution in [0.2, 0.25) is 0 Å². The summed E-state index contributed by atoms with van der Waals surface area (Å²) >= 11 is 0. The van der Waals surface area contributed by atoms with E-state index in [4.69, 9.17) is 5.84 Å². The Hall–Kier alpha value is -1.16. The van der Waals surface area contributed by atoms with Crippen molar-refractivity contribution < 1.29 is 9.59 Å². The molecule has 0 rings (SSSR count). The second-order valence-electron chi connectivity index (χ2n) is 3.50. The molecular formula is C11H20N2O2. The Balaban J connectivity index is 3.54. The minimum atomic E-state index is -0.132. The Morgan fingerprint density at radius 2 is 1.80 bits per heavy atom. The van der Waals surface area contributed by atoms with Gasteiger partial charge in [-0.15, -0.1) is 0 Å². The lowest BCUT2D eigenvalue weighted by atomic mass is 10.0. The molecule has 1 amide bonds. The Morgan fingerprint density at radius 1 is 1.20 bits per heavy atom. The fraction of sp³-hybridized carbons (Fsp3) is 0.636. The van der Waals surface area contributed by atoms with Crippen molar-refractivity contribution in [3.63, 3.8) is 0 Å². The number of hydrogen-bond donors (Lipinski definition) is 2. The number of nitrogens with two attached hydrogens (primary N) is 1. The van der Waals surface area contributed by atoms with Crippen molar-refractivity contribution >= 4 is 11.7 Å². The average molecular weight is 212 g/mol. The number of allylic oxidation sites excluding steroid dienone is 2. The maximum Gasteiger partial charge on any atom is 0.233 e. The van der Waals surface area contributed by atoms with Crippen LogP contribution in [0.3, 0.4) is 0 Å². The predicted molar refractivity (Wildman–Crippen MR) is 59.9 cm³/mol. The van der Waals surface area contributed by atoms with E-state index in [1.54, 1.807) is 6.92 Å². The fourth-order valence-corrected chi connectivity index (χ4v) is 1.37. The Morgan fingerprint density at radius 3 is 2.27 bits per heavy atom. The first-order chi connectivity index (χ1) is 7.11. The molecule has 0 spiro atoms. The van der Waals surface area contributed by atoms with Crippen LogP contribution in [0.1, 0.15) is 46.0 Å². The summed E-state index contributed by atoms with van der Waals surface area (Å²) in [5, 5.41) is 0. The van der Waals surface area contributed by atoms with Gasteiger partial charge in [-0.05, 0) is 38.7 Å². The average Bonchev–Trinajstić information content (AvgIpc) is 2.22. The van der Waals surface area contributed by atoms with Crippen LogP contribution in [-0.2, 0) is 9.59 Å². The molecule has 15 heavy (non-hydrogen) atoms. The lowest BCUT2D eigenvalue weighted by molar-refractivity contribution is -0.121. The lowest BCUT2D eigenvalue weighted by Crippen LogP contribution is -2.29. The predicted octanol–water partition coefficient (Wildman–Crippen LogP) is 1.46. The van der Waals surface area contributed by atoms with Gasteiger partial charge < -0.3 is 0 Å². The third-order valence-corrected chi connectivity index (χ3v) is 2.31. The number of ketones is 1. The van der Waals surface area contributed by atoms with E-state index in [1.165, 1.54) is 0 Å². The molecule has 4 nitrogen and oxygen atoms in total. The first-order valence-corrected chi connectivity index (χ1v) is 5.27. The van der Waals surface area contributed by atoms with Crippen molar-refractivity contribution in [2.45, 2.75) is 46.0 Å². The zero-order chi connectivity index (χ0) is 11.7. The number of unbranched alkanes of at least 4 members (excludes halogenated alkanes) is 2. The highest BCUT2D eigenvalue weighted by molar-refractivity contribution is 5.93. The summed E-state index contributed by atoms with van der Waals surface area (Å²) in [6.45, 7) is 3.45. The number of nitrogens with one attached hydrogen (secondary N) is 1. The van der Waals surface area contributed by atoms with Gasteiger partial charge in [0, 0.05) is 6.42 Å². The highest BCUT2D eigenvalue weighted by Crippen LogP contribution is 2.10. The second-order valence-corrected chi connectivity index (χ2v) is 3.50. The third-order valence-electron chi connectivity index (χ3n) is 2.31. The van der Waals surface area contributed by atoms with E-state index in [0.29, 0.717) is 6.42 Å². The van der Waals surface area contributed by atoms with Gasteiger partial charge >= 0.3 is 0 Å². The SMILES string of the molecule is CC=C(CCCCCC(=O)NN)C(C)=O. The standard InChI is InChI=1S/C11H20N2O2/c1-3-10(9(2)14)7-5-4-6-8-11(15)13-12/h3H,4-8,12H2,1-2H3,(H,13,15). The van der Waals surface area contributed by atoms with Crippen LogP contribution in [0.15, 0.2) is 11.6 Å². The van der Waals surface area contributed by atoms with Crippen molar-refractivity contribution in [1.82, 2.24) is 5.43 Å². The number of Topliss-reactive ketones (excluding diaryl/α,β-unsaturated/α-hetero) is 1. The summed E-state index contributed by atoms with van der Waals surface area (Å²) < 4.78 is 0. The summed E-state index contributed by atoms with van der Waals surface area (Å²) in [5.41, 5.74) is 2.96. The fourth-order valence-electron chi connectivity index (χ4n) is 1.37. The van der Waals surface area contributed by atoms with E-state index in [0.717, 1.165) is 31.3 Å². The zero-order valence-electron chi connectivity index (χ0n) is 9.51. The number of amides is 1. The van der Waals surface area contributed by atoms with Gasteiger partial charge in [0.2, 0.25) is 5.91 Å². The molecule has 0 aromatic carbocycles. The van der Waals surface area contributed by atoms with Crippen LogP contribution >= 0.6 is 0 Å². The van der Waals surface area contributed by atoms with Crippen molar-refractivity contribution in [3.8, 4) is 0 Å². The van der Waals surface area contributed by atoms with Crippen molar-refractivity contribution in [3.05, 3.63) is 11.6 Å². The molecule has 0 aliphatic heterocycles. The molecule has 0 radical (unpaired) electrons. The van der Waals surface area contributed by atoms with E-state index < -0.39 is 0 Å². The molecule has 3 N–H and O–H groups in total. The smallest absolute Gasteiger partial charge is 0.233 e. The Labute approximate surface area is 90.9 Å². The lowest BCUT2D eigenvalue weighted by Gasteiger charge is -2.02. The topological polar surface area (TPSA) is 72.2 Å². The molecule has 0 atom stereocenters. The summed E-state index contributed by atoms with van der Waals surface area (Å²) in [4.78, 5) is 21.8. The quantitative estimate of drug-likeness (QED) is 0.221. The number of hydrogen-bond acceptors (Lipinski definition) is 3. The van der Waals surface area contributed by atoms with Crippen molar-refractivity contribution in [2.24, 2.45) is 5.84 Å². The second kappa shape index (κ2) is 8.17. The molecule has 4 heteroatoms. The first kappa shape index (κ1) is 13.8. The molecular weight excluding hydrogens is 192 g/mol. The maximum absolute atomic E-state index is 11.0. The third kappa shape index (κ3) is 6.85. The van der Waals surface area contributed by atoms with Crippen LogP contribution in [0.25, 0.3) is 0 Å².